The van der Waals surface area contributed by atoms with Crippen molar-refractivity contribution in [2.45, 2.75) is 86.0 Å². The lowest BCUT2D eigenvalue weighted by atomic mass is 9.98. The first-order valence-electron chi connectivity index (χ1n) is 8.88. The lowest BCUT2D eigenvalue weighted by molar-refractivity contribution is -0.150. The van der Waals surface area contributed by atoms with Gasteiger partial charge in [0.1, 0.15) is 0 Å². The summed E-state index contributed by atoms with van der Waals surface area (Å²) in [6.45, 7) is 11.2. The van der Waals surface area contributed by atoms with E-state index in [-0.39, 0.29) is 18.5 Å². The van der Waals surface area contributed by atoms with Crippen LogP contribution in [-0.2, 0) is 9.53 Å². The van der Waals surface area contributed by atoms with Crippen LogP contribution in [0.1, 0.15) is 86.0 Å². The smallest absolute Gasteiger partial charge is 0.308 e. The topological polar surface area (TPSA) is 46.5 Å². The molecular formula is C18H38O3. The summed E-state index contributed by atoms with van der Waals surface area (Å²) in [6, 6.07) is 0. The van der Waals surface area contributed by atoms with E-state index in [0.29, 0.717) is 12.5 Å². The van der Waals surface area contributed by atoms with Gasteiger partial charge >= 0.3 is 5.97 Å². The van der Waals surface area contributed by atoms with Crippen LogP contribution in [0.3, 0.4) is 0 Å². The van der Waals surface area contributed by atoms with Crippen LogP contribution in [0.25, 0.3) is 0 Å². The lowest BCUT2D eigenvalue weighted by Gasteiger charge is -2.18. The van der Waals surface area contributed by atoms with Crippen molar-refractivity contribution in [2.75, 3.05) is 13.2 Å². The van der Waals surface area contributed by atoms with Crippen LogP contribution in [0, 0.1) is 11.8 Å². The fourth-order valence-electron chi connectivity index (χ4n) is 2.16. The fraction of sp³-hybridized carbons (Fsp3) is 0.944. The van der Waals surface area contributed by atoms with Crippen LogP contribution >= 0.6 is 0 Å². The second-order valence-corrected chi connectivity index (χ2v) is 5.61. The van der Waals surface area contributed by atoms with Gasteiger partial charge in [-0.05, 0) is 32.1 Å². The van der Waals surface area contributed by atoms with Crippen molar-refractivity contribution in [3.05, 3.63) is 0 Å². The SMILES string of the molecule is CCCCC(CC)COC(=O)C(CC)CCCC.CCO. The van der Waals surface area contributed by atoms with Gasteiger partial charge in [0.05, 0.1) is 12.5 Å². The summed E-state index contributed by atoms with van der Waals surface area (Å²) in [6.07, 6.45) is 8.92. The van der Waals surface area contributed by atoms with Crippen molar-refractivity contribution in [3.8, 4) is 0 Å². The molecule has 0 radical (unpaired) electrons. The van der Waals surface area contributed by atoms with Crippen LogP contribution < -0.4 is 0 Å². The van der Waals surface area contributed by atoms with E-state index in [4.69, 9.17) is 9.84 Å². The molecule has 1 N–H and O–H groups in total. The zero-order chi connectivity index (χ0) is 16.5. The molecule has 21 heavy (non-hydrogen) atoms. The van der Waals surface area contributed by atoms with E-state index >= 15 is 0 Å². The number of carbonyl (C=O) groups excluding carboxylic acids is 1. The van der Waals surface area contributed by atoms with E-state index in [1.807, 2.05) is 0 Å². The standard InChI is InChI=1S/C16H32O2.C2H6O/c1-5-9-11-14(7-3)13-18-16(17)15(8-4)12-10-6-2;1-2-3/h14-15H,5-13H2,1-4H3;3H,2H2,1H3. The minimum Gasteiger partial charge on any atom is -0.465 e. The molecule has 0 aromatic carbocycles. The second kappa shape index (κ2) is 17.5. The van der Waals surface area contributed by atoms with Gasteiger partial charge in [-0.3, -0.25) is 4.79 Å². The Hall–Kier alpha value is -0.570. The van der Waals surface area contributed by atoms with E-state index in [9.17, 15) is 4.79 Å². The molecule has 2 atom stereocenters. The van der Waals surface area contributed by atoms with E-state index in [1.165, 1.54) is 19.3 Å². The quantitative estimate of drug-likeness (QED) is 0.549. The van der Waals surface area contributed by atoms with E-state index in [1.54, 1.807) is 6.92 Å². The number of rotatable bonds is 11. The number of hydrogen-bond acceptors (Lipinski definition) is 3. The van der Waals surface area contributed by atoms with Gasteiger partial charge in [-0.1, -0.05) is 59.8 Å². The largest absolute Gasteiger partial charge is 0.465 e. The third-order valence-corrected chi connectivity index (χ3v) is 3.74. The molecule has 0 fully saturated rings. The number of hydrogen-bond donors (Lipinski definition) is 1. The van der Waals surface area contributed by atoms with Crippen molar-refractivity contribution in [1.82, 2.24) is 0 Å². The van der Waals surface area contributed by atoms with E-state index < -0.39 is 0 Å². The molecule has 0 aliphatic heterocycles. The third-order valence-electron chi connectivity index (χ3n) is 3.74. The van der Waals surface area contributed by atoms with Crippen LogP contribution in [0.5, 0.6) is 0 Å². The molecule has 0 bridgehead atoms. The summed E-state index contributed by atoms with van der Waals surface area (Å²) < 4.78 is 5.50. The molecule has 0 aromatic heterocycles. The molecule has 0 saturated carbocycles. The van der Waals surface area contributed by atoms with Gasteiger partial charge < -0.3 is 9.84 Å². The molecule has 0 aromatic rings. The second-order valence-electron chi connectivity index (χ2n) is 5.61. The predicted octanol–water partition coefficient (Wildman–Crippen LogP) is 4.96. The van der Waals surface area contributed by atoms with Gasteiger partial charge in [0.25, 0.3) is 0 Å². The highest BCUT2D eigenvalue weighted by molar-refractivity contribution is 5.72. The first-order valence-corrected chi connectivity index (χ1v) is 8.88. The van der Waals surface area contributed by atoms with E-state index in [2.05, 4.69) is 27.7 Å². The van der Waals surface area contributed by atoms with Gasteiger partial charge in [0, 0.05) is 6.61 Å². The maximum absolute atomic E-state index is 12.0. The summed E-state index contributed by atoms with van der Waals surface area (Å²) in [5.41, 5.74) is 0. The molecule has 0 aliphatic rings. The molecule has 0 rings (SSSR count). The van der Waals surface area contributed by atoms with Gasteiger partial charge in [0.15, 0.2) is 0 Å². The highest BCUT2D eigenvalue weighted by Crippen LogP contribution is 2.17. The number of ether oxygens (including phenoxy) is 1. The lowest BCUT2D eigenvalue weighted by Crippen LogP contribution is -2.21. The van der Waals surface area contributed by atoms with Crippen LogP contribution in [-0.4, -0.2) is 24.3 Å². The van der Waals surface area contributed by atoms with Crippen LogP contribution in [0.4, 0.5) is 0 Å². The average Bonchev–Trinajstić information content (AvgIpc) is 2.49. The molecule has 128 valence electrons. The Bertz CT molecular complexity index is 217. The zero-order valence-corrected chi connectivity index (χ0v) is 15.0. The highest BCUT2D eigenvalue weighted by atomic mass is 16.5. The van der Waals surface area contributed by atoms with Crippen molar-refractivity contribution in [2.24, 2.45) is 11.8 Å². The molecule has 3 heteroatoms. The highest BCUT2D eigenvalue weighted by Gasteiger charge is 2.18. The number of esters is 1. The summed E-state index contributed by atoms with van der Waals surface area (Å²) in [7, 11) is 0. The number of carbonyl (C=O) groups is 1. The molecule has 0 spiro atoms. The number of aliphatic hydroxyl groups is 1. The monoisotopic (exact) mass is 302 g/mol. The Balaban J connectivity index is 0. The third kappa shape index (κ3) is 14.1. The summed E-state index contributed by atoms with van der Waals surface area (Å²) in [4.78, 5) is 12.0. The van der Waals surface area contributed by atoms with Crippen molar-refractivity contribution < 1.29 is 14.6 Å². The Morgan fingerprint density at radius 1 is 0.952 bits per heavy atom. The Morgan fingerprint density at radius 3 is 1.90 bits per heavy atom. The average molecular weight is 302 g/mol. The van der Waals surface area contributed by atoms with Gasteiger partial charge in [-0.25, -0.2) is 0 Å². The molecular weight excluding hydrogens is 264 g/mol. The van der Waals surface area contributed by atoms with Crippen molar-refractivity contribution >= 4 is 5.97 Å². The van der Waals surface area contributed by atoms with Crippen LogP contribution in [0.15, 0.2) is 0 Å². The Kier molecular flexibility index (Phi) is 18.9. The minimum atomic E-state index is 0.0286. The first-order chi connectivity index (χ1) is 10.1. The summed E-state index contributed by atoms with van der Waals surface area (Å²) in [5, 5.41) is 7.57. The molecule has 0 saturated heterocycles. The summed E-state index contributed by atoms with van der Waals surface area (Å²) in [5.74, 6) is 0.701. The minimum absolute atomic E-state index is 0.0286. The predicted molar refractivity (Wildman–Crippen MR) is 90.3 cm³/mol. The molecule has 0 aliphatic carbocycles. The Morgan fingerprint density at radius 2 is 1.48 bits per heavy atom. The maximum atomic E-state index is 12.0. The fourth-order valence-corrected chi connectivity index (χ4v) is 2.16. The van der Waals surface area contributed by atoms with Crippen molar-refractivity contribution in [1.29, 1.82) is 0 Å². The van der Waals surface area contributed by atoms with Gasteiger partial charge in [0.2, 0.25) is 0 Å². The molecule has 3 nitrogen and oxygen atoms in total. The van der Waals surface area contributed by atoms with Gasteiger partial charge in [-0.2, -0.15) is 0 Å². The van der Waals surface area contributed by atoms with Gasteiger partial charge in [-0.15, -0.1) is 0 Å². The van der Waals surface area contributed by atoms with Crippen LogP contribution in [0.2, 0.25) is 0 Å². The van der Waals surface area contributed by atoms with E-state index in [0.717, 1.165) is 32.1 Å². The maximum Gasteiger partial charge on any atom is 0.308 e. The van der Waals surface area contributed by atoms with Crippen molar-refractivity contribution in [3.63, 3.8) is 0 Å². The molecule has 0 amide bonds. The zero-order valence-electron chi connectivity index (χ0n) is 15.0. The normalized spacial score (nSPS) is 13.0. The number of unbranched alkanes of at least 4 members (excludes halogenated alkanes) is 2. The first kappa shape index (κ1) is 22.7. The molecule has 0 heterocycles. The summed E-state index contributed by atoms with van der Waals surface area (Å²) >= 11 is 0. The Labute approximate surface area is 132 Å². The molecule has 2 unspecified atom stereocenters. The number of aliphatic hydroxyl groups excluding tert-OH is 1.